The number of para-hydroxylation sites is 1. The molecule has 29 heavy (non-hydrogen) atoms. The maximum atomic E-state index is 13.2. The lowest BCUT2D eigenvalue weighted by atomic mass is 9.97. The van der Waals surface area contributed by atoms with E-state index in [0.29, 0.717) is 13.1 Å². The number of methoxy groups -OCH3 is 2. The van der Waals surface area contributed by atoms with Crippen LogP contribution in [0.25, 0.3) is 0 Å². The molecular weight excluding hydrogens is 368 g/mol. The second-order valence-electron chi connectivity index (χ2n) is 7.39. The van der Waals surface area contributed by atoms with E-state index in [2.05, 4.69) is 5.32 Å². The van der Waals surface area contributed by atoms with E-state index in [0.717, 1.165) is 29.0 Å². The smallest absolute Gasteiger partial charge is 0.318 e. The van der Waals surface area contributed by atoms with Crippen molar-refractivity contribution in [2.45, 2.75) is 38.5 Å². The maximum Gasteiger partial charge on any atom is 0.318 e. The van der Waals surface area contributed by atoms with Crippen molar-refractivity contribution >= 4 is 6.03 Å². The molecule has 1 saturated heterocycles. The number of hydrogen-bond acceptors (Lipinski definition) is 4. The minimum atomic E-state index is -0.346. The third-order valence-electron chi connectivity index (χ3n) is 5.20. The molecule has 0 spiro atoms. The van der Waals surface area contributed by atoms with Gasteiger partial charge in [-0.1, -0.05) is 30.3 Å². The number of hydrogen-bond donors (Lipinski definition) is 1. The predicted molar refractivity (Wildman–Crippen MR) is 113 cm³/mol. The summed E-state index contributed by atoms with van der Waals surface area (Å²) in [6.45, 7) is 5.28. The van der Waals surface area contributed by atoms with Gasteiger partial charge in [0.25, 0.3) is 0 Å². The third kappa shape index (κ3) is 5.21. The Hall–Kier alpha value is -2.73. The van der Waals surface area contributed by atoms with Crippen molar-refractivity contribution in [1.29, 1.82) is 0 Å². The van der Waals surface area contributed by atoms with Gasteiger partial charge in [0.1, 0.15) is 11.5 Å². The van der Waals surface area contributed by atoms with E-state index in [9.17, 15) is 4.79 Å². The van der Waals surface area contributed by atoms with Gasteiger partial charge in [0.2, 0.25) is 0 Å². The molecule has 0 saturated carbocycles. The van der Waals surface area contributed by atoms with Gasteiger partial charge in [-0.25, -0.2) is 4.79 Å². The molecular formula is C23H30N2O4. The molecule has 1 aliphatic rings. The van der Waals surface area contributed by atoms with Gasteiger partial charge in [0, 0.05) is 18.7 Å². The highest BCUT2D eigenvalue weighted by Gasteiger charge is 2.27. The Labute approximate surface area is 172 Å². The van der Waals surface area contributed by atoms with Gasteiger partial charge in [0.05, 0.1) is 32.5 Å². The van der Waals surface area contributed by atoms with Crippen LogP contribution in [0.3, 0.4) is 0 Å². The highest BCUT2D eigenvalue weighted by atomic mass is 16.5. The lowest BCUT2D eigenvalue weighted by molar-refractivity contribution is 0.0159. The zero-order chi connectivity index (χ0) is 20.8. The quantitative estimate of drug-likeness (QED) is 0.827. The van der Waals surface area contributed by atoms with Gasteiger partial charge in [-0.2, -0.15) is 0 Å². The number of carbonyl (C=O) groups excluding carboxylic acids is 1. The maximum absolute atomic E-state index is 13.2. The Balaban J connectivity index is 1.89. The van der Waals surface area contributed by atoms with Crippen molar-refractivity contribution in [2.75, 3.05) is 27.3 Å². The van der Waals surface area contributed by atoms with Crippen LogP contribution in [-0.2, 0) is 4.74 Å². The summed E-state index contributed by atoms with van der Waals surface area (Å²) in [5, 5.41) is 3.21. The van der Waals surface area contributed by atoms with Crippen molar-refractivity contribution in [3.63, 3.8) is 0 Å². The second-order valence-corrected chi connectivity index (χ2v) is 7.39. The number of urea groups is 1. The molecule has 6 heteroatoms. The van der Waals surface area contributed by atoms with E-state index < -0.39 is 0 Å². The number of ether oxygens (including phenoxy) is 3. The highest BCUT2D eigenvalue weighted by Crippen LogP contribution is 2.31. The number of amides is 2. The average molecular weight is 399 g/mol. The normalized spacial score (nSPS) is 20.5. The molecule has 1 heterocycles. The Morgan fingerprint density at radius 1 is 1.07 bits per heavy atom. The summed E-state index contributed by atoms with van der Waals surface area (Å²) >= 11 is 0. The van der Waals surface area contributed by atoms with E-state index in [1.165, 1.54) is 0 Å². The van der Waals surface area contributed by atoms with Crippen LogP contribution in [0, 0.1) is 0 Å². The number of benzene rings is 2. The molecule has 1 aliphatic heterocycles. The summed E-state index contributed by atoms with van der Waals surface area (Å²) in [5.74, 6) is 1.50. The summed E-state index contributed by atoms with van der Waals surface area (Å²) in [6.07, 6.45) is 0.970. The van der Waals surface area contributed by atoms with Crippen LogP contribution in [0.5, 0.6) is 11.5 Å². The number of nitrogens with zero attached hydrogens (tertiary/aromatic N) is 1. The number of carbonyl (C=O) groups is 1. The lowest BCUT2D eigenvalue weighted by Crippen LogP contribution is -2.44. The molecule has 2 amide bonds. The first kappa shape index (κ1) is 21.0. The molecule has 0 aliphatic carbocycles. The first-order valence-corrected chi connectivity index (χ1v) is 9.99. The molecule has 1 fully saturated rings. The van der Waals surface area contributed by atoms with Gasteiger partial charge < -0.3 is 24.4 Å². The Morgan fingerprint density at radius 2 is 1.79 bits per heavy atom. The van der Waals surface area contributed by atoms with E-state index in [-0.39, 0.29) is 24.3 Å². The minimum absolute atomic E-state index is 0.00366. The van der Waals surface area contributed by atoms with Crippen molar-refractivity contribution in [3.8, 4) is 11.5 Å². The van der Waals surface area contributed by atoms with Crippen LogP contribution in [-0.4, -0.2) is 50.4 Å². The van der Waals surface area contributed by atoms with Crippen LogP contribution >= 0.6 is 0 Å². The first-order chi connectivity index (χ1) is 14.0. The lowest BCUT2D eigenvalue weighted by Gasteiger charge is -2.27. The van der Waals surface area contributed by atoms with E-state index in [1.54, 1.807) is 14.2 Å². The molecule has 3 atom stereocenters. The largest absolute Gasteiger partial charge is 0.497 e. The minimum Gasteiger partial charge on any atom is -0.497 e. The van der Waals surface area contributed by atoms with Gasteiger partial charge in [-0.05, 0) is 44.0 Å². The molecule has 3 rings (SSSR count). The highest BCUT2D eigenvalue weighted by molar-refractivity contribution is 5.75. The predicted octanol–water partition coefficient (Wildman–Crippen LogP) is 4.00. The van der Waals surface area contributed by atoms with Crippen LogP contribution in [0.4, 0.5) is 4.79 Å². The Kier molecular flexibility index (Phi) is 6.99. The van der Waals surface area contributed by atoms with Crippen molar-refractivity contribution in [1.82, 2.24) is 10.2 Å². The fourth-order valence-corrected chi connectivity index (χ4v) is 3.69. The van der Waals surface area contributed by atoms with Crippen LogP contribution < -0.4 is 14.8 Å². The third-order valence-corrected chi connectivity index (χ3v) is 5.20. The second kappa shape index (κ2) is 9.65. The summed E-state index contributed by atoms with van der Waals surface area (Å²) in [7, 11) is 3.28. The summed E-state index contributed by atoms with van der Waals surface area (Å²) in [6, 6.07) is 15.0. The fourth-order valence-electron chi connectivity index (χ4n) is 3.69. The van der Waals surface area contributed by atoms with Crippen molar-refractivity contribution in [3.05, 3.63) is 59.7 Å². The molecule has 2 aromatic carbocycles. The van der Waals surface area contributed by atoms with Crippen LogP contribution in [0.2, 0.25) is 0 Å². The molecule has 0 radical (unpaired) electrons. The first-order valence-electron chi connectivity index (χ1n) is 9.99. The Bertz CT molecular complexity index is 809. The van der Waals surface area contributed by atoms with Crippen LogP contribution in [0.15, 0.2) is 48.5 Å². The summed E-state index contributed by atoms with van der Waals surface area (Å²) in [4.78, 5) is 15.0. The van der Waals surface area contributed by atoms with E-state index in [1.807, 2.05) is 67.3 Å². The van der Waals surface area contributed by atoms with Gasteiger partial charge in [0.15, 0.2) is 0 Å². The summed E-state index contributed by atoms with van der Waals surface area (Å²) < 4.78 is 16.7. The van der Waals surface area contributed by atoms with Crippen LogP contribution in [0.1, 0.15) is 37.4 Å². The van der Waals surface area contributed by atoms with E-state index >= 15 is 0 Å². The van der Waals surface area contributed by atoms with Gasteiger partial charge in [-0.3, -0.25) is 0 Å². The SMILES string of the molecule is COc1ccc(C(NC(=O)N2CC[C@@H](C)O[C@@H](C)C2)c2ccccc2OC)cc1. The Morgan fingerprint density at radius 3 is 2.48 bits per heavy atom. The summed E-state index contributed by atoms with van der Waals surface area (Å²) in [5.41, 5.74) is 1.86. The fraction of sp³-hybridized carbons (Fsp3) is 0.435. The number of nitrogens with one attached hydrogen (secondary N) is 1. The van der Waals surface area contributed by atoms with Gasteiger partial charge in [-0.15, -0.1) is 0 Å². The molecule has 2 aromatic rings. The topological polar surface area (TPSA) is 60.0 Å². The zero-order valence-corrected chi connectivity index (χ0v) is 17.6. The van der Waals surface area contributed by atoms with Crippen molar-refractivity contribution < 1.29 is 19.0 Å². The zero-order valence-electron chi connectivity index (χ0n) is 17.6. The molecule has 0 aromatic heterocycles. The molecule has 1 unspecified atom stereocenters. The number of rotatable bonds is 5. The van der Waals surface area contributed by atoms with Gasteiger partial charge >= 0.3 is 6.03 Å². The average Bonchev–Trinajstić information content (AvgIpc) is 2.92. The van der Waals surface area contributed by atoms with E-state index in [4.69, 9.17) is 14.2 Å². The standard InChI is InChI=1S/C23H30N2O4/c1-16-13-14-25(15-17(2)29-16)23(26)24-22(18-9-11-19(27-3)12-10-18)20-7-5-6-8-21(20)28-4/h5-12,16-17,22H,13-15H2,1-4H3,(H,24,26)/t16-,17+,22?/m1/s1. The molecule has 6 nitrogen and oxygen atoms in total. The molecule has 1 N–H and O–H groups in total. The molecule has 0 bridgehead atoms. The van der Waals surface area contributed by atoms with Crippen molar-refractivity contribution in [2.24, 2.45) is 0 Å². The monoisotopic (exact) mass is 398 g/mol. The molecule has 156 valence electrons.